The molecular formula is C15H16N4O. The lowest BCUT2D eigenvalue weighted by molar-refractivity contribution is 0.415. The minimum atomic E-state index is 0.839. The second-order valence-corrected chi connectivity index (χ2v) is 4.40. The van der Waals surface area contributed by atoms with Gasteiger partial charge in [-0.2, -0.15) is 5.10 Å². The number of hydrogen-bond acceptors (Lipinski definition) is 4. The van der Waals surface area contributed by atoms with Gasteiger partial charge in [-0.15, -0.1) is 0 Å². The summed E-state index contributed by atoms with van der Waals surface area (Å²) in [5.41, 5.74) is 2.92. The van der Waals surface area contributed by atoms with Gasteiger partial charge in [0.15, 0.2) is 5.65 Å². The Bertz CT molecular complexity index is 718. The van der Waals surface area contributed by atoms with Gasteiger partial charge in [-0.25, -0.2) is 9.50 Å². The summed E-state index contributed by atoms with van der Waals surface area (Å²) in [5.74, 6) is 1.70. The normalized spacial score (nSPS) is 10.7. The number of methoxy groups -OCH3 is 1. The van der Waals surface area contributed by atoms with Crippen molar-refractivity contribution in [1.29, 1.82) is 0 Å². The molecule has 0 bridgehead atoms. The van der Waals surface area contributed by atoms with E-state index >= 15 is 0 Å². The highest BCUT2D eigenvalue weighted by molar-refractivity contribution is 5.77. The third kappa shape index (κ3) is 2.18. The van der Waals surface area contributed by atoms with E-state index in [-0.39, 0.29) is 0 Å². The van der Waals surface area contributed by atoms with Crippen LogP contribution in [0.2, 0.25) is 0 Å². The van der Waals surface area contributed by atoms with Crippen LogP contribution in [0.15, 0.2) is 42.7 Å². The number of benzene rings is 1. The first-order valence-corrected chi connectivity index (χ1v) is 6.54. The smallest absolute Gasteiger partial charge is 0.165 e. The SMILES string of the molecule is CCNc1ccn2ncc(-c3ccc(OC)cc3)c2n1. The minimum Gasteiger partial charge on any atom is -0.497 e. The molecule has 0 aliphatic rings. The molecule has 5 heteroatoms. The highest BCUT2D eigenvalue weighted by Gasteiger charge is 2.08. The molecule has 0 fully saturated rings. The molecule has 5 nitrogen and oxygen atoms in total. The molecule has 0 saturated carbocycles. The van der Waals surface area contributed by atoms with Crippen molar-refractivity contribution in [3.8, 4) is 16.9 Å². The summed E-state index contributed by atoms with van der Waals surface area (Å²) in [4.78, 5) is 4.60. The lowest BCUT2D eigenvalue weighted by atomic mass is 10.1. The molecule has 0 unspecified atom stereocenters. The molecule has 1 N–H and O–H groups in total. The predicted octanol–water partition coefficient (Wildman–Crippen LogP) is 2.84. The molecule has 0 amide bonds. The maximum atomic E-state index is 5.18. The fourth-order valence-electron chi connectivity index (χ4n) is 2.12. The van der Waals surface area contributed by atoms with Crippen LogP contribution in [0.3, 0.4) is 0 Å². The number of hydrogen-bond donors (Lipinski definition) is 1. The second-order valence-electron chi connectivity index (χ2n) is 4.40. The van der Waals surface area contributed by atoms with E-state index in [4.69, 9.17) is 4.74 Å². The zero-order valence-corrected chi connectivity index (χ0v) is 11.5. The van der Waals surface area contributed by atoms with Crippen LogP contribution in [-0.4, -0.2) is 28.3 Å². The Balaban J connectivity index is 2.07. The molecule has 0 aliphatic heterocycles. The highest BCUT2D eigenvalue weighted by atomic mass is 16.5. The maximum absolute atomic E-state index is 5.18. The first kappa shape index (κ1) is 12.5. The molecule has 0 radical (unpaired) electrons. The Morgan fingerprint density at radius 3 is 2.70 bits per heavy atom. The van der Waals surface area contributed by atoms with Crippen molar-refractivity contribution >= 4 is 11.5 Å². The third-order valence-electron chi connectivity index (χ3n) is 3.13. The monoisotopic (exact) mass is 268 g/mol. The van der Waals surface area contributed by atoms with Gasteiger partial charge in [0, 0.05) is 18.3 Å². The van der Waals surface area contributed by atoms with Crippen molar-refractivity contribution in [3.05, 3.63) is 42.7 Å². The van der Waals surface area contributed by atoms with Crippen LogP contribution in [0.4, 0.5) is 5.82 Å². The number of anilines is 1. The standard InChI is InChI=1S/C15H16N4O/c1-3-16-14-8-9-19-15(18-14)13(10-17-19)11-4-6-12(20-2)7-5-11/h4-10H,3H2,1-2H3,(H,16,18). The van der Waals surface area contributed by atoms with E-state index in [9.17, 15) is 0 Å². The van der Waals surface area contributed by atoms with Crippen molar-refractivity contribution < 1.29 is 4.74 Å². The summed E-state index contributed by atoms with van der Waals surface area (Å²) in [5, 5.41) is 7.55. The van der Waals surface area contributed by atoms with Crippen LogP contribution in [0.1, 0.15) is 6.92 Å². The molecule has 20 heavy (non-hydrogen) atoms. The van der Waals surface area contributed by atoms with Crippen molar-refractivity contribution in [2.24, 2.45) is 0 Å². The highest BCUT2D eigenvalue weighted by Crippen LogP contribution is 2.25. The van der Waals surface area contributed by atoms with Crippen molar-refractivity contribution in [3.63, 3.8) is 0 Å². The summed E-state index contributed by atoms with van der Waals surface area (Å²) >= 11 is 0. The lowest BCUT2D eigenvalue weighted by Gasteiger charge is -2.04. The number of ether oxygens (including phenoxy) is 1. The average Bonchev–Trinajstić information content (AvgIpc) is 2.91. The largest absolute Gasteiger partial charge is 0.497 e. The number of aromatic nitrogens is 3. The first-order valence-electron chi connectivity index (χ1n) is 6.54. The van der Waals surface area contributed by atoms with Crippen LogP contribution < -0.4 is 10.1 Å². The van der Waals surface area contributed by atoms with Gasteiger partial charge in [-0.1, -0.05) is 12.1 Å². The fraction of sp³-hybridized carbons (Fsp3) is 0.200. The number of fused-ring (bicyclic) bond motifs is 1. The summed E-state index contributed by atoms with van der Waals surface area (Å²) in [6, 6.07) is 9.82. The van der Waals surface area contributed by atoms with E-state index in [1.54, 1.807) is 11.6 Å². The molecule has 0 aliphatic carbocycles. The average molecular weight is 268 g/mol. The van der Waals surface area contributed by atoms with Gasteiger partial charge in [-0.05, 0) is 30.7 Å². The summed E-state index contributed by atoms with van der Waals surface area (Å²) < 4.78 is 6.96. The Morgan fingerprint density at radius 1 is 1.20 bits per heavy atom. The van der Waals surface area contributed by atoms with Crippen LogP contribution in [0.5, 0.6) is 5.75 Å². The van der Waals surface area contributed by atoms with Gasteiger partial charge >= 0.3 is 0 Å². The zero-order valence-electron chi connectivity index (χ0n) is 11.5. The lowest BCUT2D eigenvalue weighted by Crippen LogP contribution is -2.01. The quantitative estimate of drug-likeness (QED) is 0.790. The fourth-order valence-corrected chi connectivity index (χ4v) is 2.12. The molecule has 1 aromatic carbocycles. The molecule has 3 aromatic rings. The van der Waals surface area contributed by atoms with Crippen molar-refractivity contribution in [2.45, 2.75) is 6.92 Å². The van der Waals surface area contributed by atoms with Crippen LogP contribution in [0.25, 0.3) is 16.8 Å². The van der Waals surface area contributed by atoms with Gasteiger partial charge in [0.25, 0.3) is 0 Å². The third-order valence-corrected chi connectivity index (χ3v) is 3.13. The van der Waals surface area contributed by atoms with Crippen molar-refractivity contribution in [2.75, 3.05) is 19.0 Å². The van der Waals surface area contributed by atoms with Gasteiger partial charge < -0.3 is 10.1 Å². The van der Waals surface area contributed by atoms with Crippen LogP contribution in [-0.2, 0) is 0 Å². The van der Waals surface area contributed by atoms with Crippen molar-refractivity contribution in [1.82, 2.24) is 14.6 Å². The maximum Gasteiger partial charge on any atom is 0.165 e. The molecular weight excluding hydrogens is 252 g/mol. The van der Waals surface area contributed by atoms with Gasteiger partial charge in [0.05, 0.1) is 13.3 Å². The molecule has 0 spiro atoms. The van der Waals surface area contributed by atoms with E-state index in [0.29, 0.717) is 0 Å². The Kier molecular flexibility index (Phi) is 3.25. The summed E-state index contributed by atoms with van der Waals surface area (Å²) in [6.07, 6.45) is 3.74. The van der Waals surface area contributed by atoms with Gasteiger partial charge in [0.1, 0.15) is 11.6 Å². The van der Waals surface area contributed by atoms with Gasteiger partial charge in [0.2, 0.25) is 0 Å². The second kappa shape index (κ2) is 5.21. The topological polar surface area (TPSA) is 51.5 Å². The Labute approximate surface area is 117 Å². The Hall–Kier alpha value is -2.56. The molecule has 0 atom stereocenters. The zero-order chi connectivity index (χ0) is 13.9. The molecule has 0 saturated heterocycles. The summed E-state index contributed by atoms with van der Waals surface area (Å²) in [7, 11) is 1.66. The molecule has 3 rings (SSSR count). The van der Waals surface area contributed by atoms with Gasteiger partial charge in [-0.3, -0.25) is 0 Å². The van der Waals surface area contributed by atoms with E-state index in [0.717, 1.165) is 34.9 Å². The minimum absolute atomic E-state index is 0.839. The number of nitrogens with one attached hydrogen (secondary N) is 1. The van der Waals surface area contributed by atoms with Crippen LogP contribution in [0, 0.1) is 0 Å². The predicted molar refractivity (Wildman–Crippen MR) is 79.1 cm³/mol. The summed E-state index contributed by atoms with van der Waals surface area (Å²) in [6.45, 7) is 2.89. The first-order chi connectivity index (χ1) is 9.81. The van der Waals surface area contributed by atoms with E-state index in [1.807, 2.05) is 49.6 Å². The van der Waals surface area contributed by atoms with E-state index in [2.05, 4.69) is 15.4 Å². The molecule has 2 heterocycles. The van der Waals surface area contributed by atoms with Crippen LogP contribution >= 0.6 is 0 Å². The molecule has 2 aromatic heterocycles. The van der Waals surface area contributed by atoms with E-state index in [1.165, 1.54) is 0 Å². The number of nitrogens with zero attached hydrogens (tertiary/aromatic N) is 3. The molecule has 102 valence electrons. The number of rotatable bonds is 4. The Morgan fingerprint density at radius 2 is 2.00 bits per heavy atom. The van der Waals surface area contributed by atoms with E-state index < -0.39 is 0 Å².